The first-order valence-corrected chi connectivity index (χ1v) is 8.14. The second-order valence-corrected chi connectivity index (χ2v) is 6.10. The highest BCUT2D eigenvalue weighted by atomic mass is 19.4. The van der Waals surface area contributed by atoms with Crippen LogP contribution in [-0.2, 0) is 22.2 Å². The fourth-order valence-electron chi connectivity index (χ4n) is 3.24. The molecule has 0 saturated carbocycles. The summed E-state index contributed by atoms with van der Waals surface area (Å²) in [7, 11) is 0. The maximum Gasteiger partial charge on any atom is 0.418 e. The number of nitrogens with one attached hydrogen (secondary N) is 1. The van der Waals surface area contributed by atoms with Gasteiger partial charge >= 0.3 is 6.18 Å². The average molecular weight is 362 g/mol. The standard InChI is InChI=1S/C19H17F3N2O2/c1-12(25)24-16-9-5-2-6-13(16)10-11-17(24)18(26)23-15-8-4-3-7-14(15)19(20,21)22/h2-9,17H,10-11H2,1H3,(H,23,26). The van der Waals surface area contributed by atoms with Crippen molar-refractivity contribution >= 4 is 23.2 Å². The molecule has 1 atom stereocenters. The van der Waals surface area contributed by atoms with Crippen molar-refractivity contribution in [1.82, 2.24) is 0 Å². The van der Waals surface area contributed by atoms with Crippen LogP contribution in [0.15, 0.2) is 48.5 Å². The molecule has 1 heterocycles. The molecule has 136 valence electrons. The van der Waals surface area contributed by atoms with Crippen LogP contribution in [0, 0.1) is 0 Å². The molecule has 0 saturated heterocycles. The highest BCUT2D eigenvalue weighted by Gasteiger charge is 2.37. The van der Waals surface area contributed by atoms with Gasteiger partial charge in [0.05, 0.1) is 11.3 Å². The van der Waals surface area contributed by atoms with E-state index in [0.29, 0.717) is 18.5 Å². The maximum atomic E-state index is 13.1. The first-order valence-electron chi connectivity index (χ1n) is 8.14. The Bertz CT molecular complexity index is 849. The lowest BCUT2D eigenvalue weighted by Gasteiger charge is -2.35. The molecule has 0 bridgehead atoms. The normalized spacial score (nSPS) is 16.8. The Balaban J connectivity index is 1.90. The van der Waals surface area contributed by atoms with E-state index < -0.39 is 23.7 Å². The average Bonchev–Trinajstić information content (AvgIpc) is 2.60. The number of aryl methyl sites for hydroxylation is 1. The van der Waals surface area contributed by atoms with Crippen LogP contribution in [0.3, 0.4) is 0 Å². The van der Waals surface area contributed by atoms with Gasteiger partial charge in [-0.05, 0) is 36.6 Å². The van der Waals surface area contributed by atoms with Crippen molar-refractivity contribution in [2.45, 2.75) is 32.0 Å². The molecule has 2 aromatic carbocycles. The predicted octanol–water partition coefficient (Wildman–Crippen LogP) is 4.01. The summed E-state index contributed by atoms with van der Waals surface area (Å²) in [5.74, 6) is -0.965. The third kappa shape index (κ3) is 3.42. The quantitative estimate of drug-likeness (QED) is 0.878. The van der Waals surface area contributed by atoms with Crippen molar-refractivity contribution in [2.24, 2.45) is 0 Å². The van der Waals surface area contributed by atoms with E-state index in [2.05, 4.69) is 5.32 Å². The lowest BCUT2D eigenvalue weighted by Crippen LogP contribution is -2.49. The van der Waals surface area contributed by atoms with Gasteiger partial charge in [0.15, 0.2) is 0 Å². The van der Waals surface area contributed by atoms with Crippen molar-refractivity contribution in [1.29, 1.82) is 0 Å². The summed E-state index contributed by atoms with van der Waals surface area (Å²) < 4.78 is 39.4. The van der Waals surface area contributed by atoms with Gasteiger partial charge < -0.3 is 5.32 Å². The molecule has 7 heteroatoms. The minimum absolute atomic E-state index is 0.313. The Morgan fingerprint density at radius 2 is 1.73 bits per heavy atom. The Hall–Kier alpha value is -2.83. The number of amides is 2. The molecule has 0 fully saturated rings. The predicted molar refractivity (Wildman–Crippen MR) is 91.8 cm³/mol. The summed E-state index contributed by atoms with van der Waals surface area (Å²) in [5, 5.41) is 2.35. The van der Waals surface area contributed by atoms with Gasteiger partial charge in [-0.15, -0.1) is 0 Å². The van der Waals surface area contributed by atoms with Gasteiger partial charge in [0, 0.05) is 12.6 Å². The number of rotatable bonds is 2. The summed E-state index contributed by atoms with van der Waals surface area (Å²) >= 11 is 0. The van der Waals surface area contributed by atoms with Gasteiger partial charge in [-0.25, -0.2) is 0 Å². The van der Waals surface area contributed by atoms with Crippen LogP contribution in [0.2, 0.25) is 0 Å². The molecule has 26 heavy (non-hydrogen) atoms. The van der Waals surface area contributed by atoms with E-state index in [1.165, 1.54) is 30.0 Å². The minimum atomic E-state index is -4.58. The summed E-state index contributed by atoms with van der Waals surface area (Å²) in [4.78, 5) is 26.2. The number of fused-ring (bicyclic) bond motifs is 1. The molecule has 1 aliphatic heterocycles. The van der Waals surface area contributed by atoms with Crippen molar-refractivity contribution in [3.8, 4) is 0 Å². The summed E-state index contributed by atoms with van der Waals surface area (Å²) in [5.41, 5.74) is 0.323. The van der Waals surface area contributed by atoms with Crippen molar-refractivity contribution in [3.63, 3.8) is 0 Å². The van der Waals surface area contributed by atoms with Gasteiger partial charge in [-0.2, -0.15) is 13.2 Å². The molecule has 2 aromatic rings. The van der Waals surface area contributed by atoms with Gasteiger partial charge in [-0.3, -0.25) is 14.5 Å². The zero-order chi connectivity index (χ0) is 18.9. The molecular formula is C19H17F3N2O2. The second-order valence-electron chi connectivity index (χ2n) is 6.10. The van der Waals surface area contributed by atoms with Crippen LogP contribution in [-0.4, -0.2) is 17.9 Å². The molecular weight excluding hydrogens is 345 g/mol. The molecule has 3 rings (SSSR count). The van der Waals surface area contributed by atoms with Crippen LogP contribution in [0.1, 0.15) is 24.5 Å². The maximum absolute atomic E-state index is 13.1. The molecule has 0 spiro atoms. The van der Waals surface area contributed by atoms with Crippen LogP contribution >= 0.6 is 0 Å². The number of hydrogen-bond acceptors (Lipinski definition) is 2. The highest BCUT2D eigenvalue weighted by Crippen LogP contribution is 2.36. The molecule has 4 nitrogen and oxygen atoms in total. The molecule has 1 unspecified atom stereocenters. The topological polar surface area (TPSA) is 49.4 Å². The Labute approximate surface area is 148 Å². The fourth-order valence-corrected chi connectivity index (χ4v) is 3.24. The van der Waals surface area contributed by atoms with E-state index in [1.54, 1.807) is 12.1 Å². The molecule has 0 aliphatic carbocycles. The largest absolute Gasteiger partial charge is 0.418 e. The molecule has 1 N–H and O–H groups in total. The van der Waals surface area contributed by atoms with Gasteiger partial charge in [0.25, 0.3) is 0 Å². The van der Waals surface area contributed by atoms with Crippen molar-refractivity contribution < 1.29 is 22.8 Å². The smallest absolute Gasteiger partial charge is 0.324 e. The summed E-state index contributed by atoms with van der Waals surface area (Å²) in [6, 6.07) is 11.2. The Morgan fingerprint density at radius 3 is 2.42 bits per heavy atom. The van der Waals surface area contributed by atoms with Gasteiger partial charge in [0.1, 0.15) is 6.04 Å². The Morgan fingerprint density at radius 1 is 1.08 bits per heavy atom. The highest BCUT2D eigenvalue weighted by molar-refractivity contribution is 6.05. The van der Waals surface area contributed by atoms with E-state index in [1.807, 2.05) is 12.1 Å². The first-order chi connectivity index (χ1) is 12.3. The molecule has 0 aromatic heterocycles. The fraction of sp³-hybridized carbons (Fsp3) is 0.263. The van der Waals surface area contributed by atoms with E-state index in [-0.39, 0.29) is 11.6 Å². The Kier molecular flexibility index (Phi) is 4.71. The van der Waals surface area contributed by atoms with Gasteiger partial charge in [0.2, 0.25) is 11.8 Å². The van der Waals surface area contributed by atoms with E-state index >= 15 is 0 Å². The number of hydrogen-bond donors (Lipinski definition) is 1. The van der Waals surface area contributed by atoms with Crippen LogP contribution in [0.5, 0.6) is 0 Å². The second kappa shape index (κ2) is 6.82. The van der Waals surface area contributed by atoms with Crippen LogP contribution in [0.4, 0.5) is 24.5 Å². The zero-order valence-electron chi connectivity index (χ0n) is 14.0. The number of halogens is 3. The molecule has 0 radical (unpaired) electrons. The minimum Gasteiger partial charge on any atom is -0.324 e. The number of nitrogens with zero attached hydrogens (tertiary/aromatic N) is 1. The number of carbonyl (C=O) groups is 2. The van der Waals surface area contributed by atoms with Gasteiger partial charge in [-0.1, -0.05) is 30.3 Å². The third-order valence-corrected chi connectivity index (χ3v) is 4.38. The van der Waals surface area contributed by atoms with E-state index in [0.717, 1.165) is 11.6 Å². The lowest BCUT2D eigenvalue weighted by molar-refractivity contribution is -0.137. The zero-order valence-corrected chi connectivity index (χ0v) is 14.0. The monoisotopic (exact) mass is 362 g/mol. The third-order valence-electron chi connectivity index (χ3n) is 4.38. The SMILES string of the molecule is CC(=O)N1c2ccccc2CCC1C(=O)Nc1ccccc1C(F)(F)F. The van der Waals surface area contributed by atoms with Crippen molar-refractivity contribution in [3.05, 3.63) is 59.7 Å². The first kappa shape index (κ1) is 18.0. The number of para-hydroxylation sites is 2. The van der Waals surface area contributed by atoms with Crippen LogP contribution in [0.25, 0.3) is 0 Å². The van der Waals surface area contributed by atoms with Crippen molar-refractivity contribution in [2.75, 3.05) is 10.2 Å². The molecule has 1 aliphatic rings. The van der Waals surface area contributed by atoms with E-state index in [4.69, 9.17) is 0 Å². The number of alkyl halides is 3. The van der Waals surface area contributed by atoms with Crippen LogP contribution < -0.4 is 10.2 Å². The number of carbonyl (C=O) groups excluding carboxylic acids is 2. The summed E-state index contributed by atoms with van der Waals surface area (Å²) in [6.07, 6.45) is -3.67. The number of benzene rings is 2. The van der Waals surface area contributed by atoms with E-state index in [9.17, 15) is 22.8 Å². The molecule has 2 amide bonds. The lowest BCUT2D eigenvalue weighted by atomic mass is 9.95. The number of anilines is 2. The summed E-state index contributed by atoms with van der Waals surface area (Å²) in [6.45, 7) is 1.34.